The third-order valence-corrected chi connectivity index (χ3v) is 4.61. The second-order valence-electron chi connectivity index (χ2n) is 6.44. The monoisotopic (exact) mass is 375 g/mol. The van der Waals surface area contributed by atoms with Crippen molar-refractivity contribution in [3.8, 4) is 0 Å². The molecule has 0 bridgehead atoms. The topological polar surface area (TPSA) is 67.6 Å². The molecule has 1 amide bonds. The summed E-state index contributed by atoms with van der Waals surface area (Å²) in [6.45, 7) is 5.97. The molecule has 5 nitrogen and oxygen atoms in total. The number of benzene rings is 1. The number of carbonyl (C=O) groups excluding carboxylic acids is 1. The van der Waals surface area contributed by atoms with Crippen LogP contribution >= 0.6 is 24.8 Å². The van der Waals surface area contributed by atoms with Gasteiger partial charge in [-0.05, 0) is 25.3 Å². The summed E-state index contributed by atoms with van der Waals surface area (Å²) in [5.41, 5.74) is 7.84. The first-order valence-corrected chi connectivity index (χ1v) is 8.04. The Morgan fingerprint density at radius 3 is 2.58 bits per heavy atom. The molecule has 136 valence electrons. The van der Waals surface area contributed by atoms with Crippen LogP contribution in [0, 0.1) is 6.92 Å². The molecule has 2 fully saturated rings. The summed E-state index contributed by atoms with van der Waals surface area (Å²) in [6, 6.07) is 8.68. The number of ether oxygens (including phenoxy) is 1. The maximum Gasteiger partial charge on any atom is 0.240 e. The Morgan fingerprint density at radius 2 is 2.00 bits per heavy atom. The number of hydrogen-bond acceptors (Lipinski definition) is 4. The molecule has 0 spiro atoms. The number of halogens is 2. The molecule has 1 atom stereocenters. The smallest absolute Gasteiger partial charge is 0.240 e. The van der Waals surface area contributed by atoms with E-state index in [1.807, 2.05) is 0 Å². The molecule has 1 heterocycles. The molecule has 24 heavy (non-hydrogen) atoms. The molecule has 1 aliphatic heterocycles. The molecule has 0 radical (unpaired) electrons. The zero-order valence-corrected chi connectivity index (χ0v) is 15.6. The SMILES string of the molecule is Cc1cccc(C(CNC(=O)C2(N)CC2)N2CCOCC2)c1.Cl.Cl. The van der Waals surface area contributed by atoms with E-state index in [2.05, 4.69) is 41.4 Å². The summed E-state index contributed by atoms with van der Waals surface area (Å²) < 4.78 is 5.45. The molecule has 1 aliphatic carbocycles. The summed E-state index contributed by atoms with van der Waals surface area (Å²) in [4.78, 5) is 14.5. The minimum Gasteiger partial charge on any atom is -0.379 e. The normalized spacial score (nSPS) is 20.2. The number of nitrogens with one attached hydrogen (secondary N) is 1. The van der Waals surface area contributed by atoms with E-state index in [0.29, 0.717) is 6.54 Å². The van der Waals surface area contributed by atoms with Crippen molar-refractivity contribution >= 4 is 30.7 Å². The number of nitrogens with two attached hydrogens (primary N) is 1. The van der Waals surface area contributed by atoms with Gasteiger partial charge < -0.3 is 15.8 Å². The quantitative estimate of drug-likeness (QED) is 0.823. The van der Waals surface area contributed by atoms with Crippen molar-refractivity contribution in [2.75, 3.05) is 32.8 Å². The third kappa shape index (κ3) is 5.07. The van der Waals surface area contributed by atoms with Gasteiger partial charge in [0.05, 0.1) is 24.8 Å². The lowest BCUT2D eigenvalue weighted by atomic mass is 10.0. The van der Waals surface area contributed by atoms with E-state index in [4.69, 9.17) is 10.5 Å². The highest BCUT2D eigenvalue weighted by Gasteiger charge is 2.46. The standard InChI is InChI=1S/C17H25N3O2.2ClH/c1-13-3-2-4-14(11-13)15(20-7-9-22-10-8-20)12-19-16(21)17(18)5-6-17;;/h2-4,11,15H,5-10,12,18H2,1H3,(H,19,21);2*1H. The summed E-state index contributed by atoms with van der Waals surface area (Å²) >= 11 is 0. The van der Waals surface area contributed by atoms with Gasteiger partial charge in [-0.3, -0.25) is 9.69 Å². The van der Waals surface area contributed by atoms with Gasteiger partial charge in [-0.15, -0.1) is 24.8 Å². The first-order chi connectivity index (χ1) is 10.6. The van der Waals surface area contributed by atoms with E-state index >= 15 is 0 Å². The summed E-state index contributed by atoms with van der Waals surface area (Å²) in [6.07, 6.45) is 1.59. The largest absolute Gasteiger partial charge is 0.379 e. The van der Waals surface area contributed by atoms with Gasteiger partial charge in [0, 0.05) is 19.6 Å². The molecule has 1 saturated heterocycles. The Labute approximate surface area is 156 Å². The molecule has 0 aromatic heterocycles. The number of morpholine rings is 1. The average Bonchev–Trinajstić information content (AvgIpc) is 3.28. The molecule has 3 N–H and O–H groups in total. The first kappa shape index (κ1) is 21.2. The van der Waals surface area contributed by atoms with Crippen LogP contribution < -0.4 is 11.1 Å². The number of rotatable bonds is 5. The van der Waals surface area contributed by atoms with Crippen molar-refractivity contribution in [3.05, 3.63) is 35.4 Å². The molecule has 7 heteroatoms. The lowest BCUT2D eigenvalue weighted by Gasteiger charge is -2.35. The summed E-state index contributed by atoms with van der Waals surface area (Å²) in [5.74, 6) is -0.0154. The molecule has 3 rings (SSSR count). The Balaban J connectivity index is 0.00000144. The van der Waals surface area contributed by atoms with Crippen LogP contribution in [0.5, 0.6) is 0 Å². The van der Waals surface area contributed by atoms with Crippen LogP contribution in [0.25, 0.3) is 0 Å². The van der Waals surface area contributed by atoms with Gasteiger partial charge >= 0.3 is 0 Å². The van der Waals surface area contributed by atoms with Crippen LogP contribution in [-0.4, -0.2) is 49.2 Å². The Bertz CT molecular complexity index is 546. The van der Waals surface area contributed by atoms with E-state index in [0.717, 1.165) is 39.1 Å². The molecule has 2 aliphatic rings. The minimum absolute atomic E-state index is 0. The van der Waals surface area contributed by atoms with E-state index in [1.54, 1.807) is 0 Å². The summed E-state index contributed by atoms with van der Waals surface area (Å²) in [5, 5.41) is 3.05. The van der Waals surface area contributed by atoms with Crippen molar-refractivity contribution in [2.24, 2.45) is 5.73 Å². The fourth-order valence-corrected chi connectivity index (χ4v) is 2.95. The highest BCUT2D eigenvalue weighted by Crippen LogP contribution is 2.32. The summed E-state index contributed by atoms with van der Waals surface area (Å²) in [7, 11) is 0. The average molecular weight is 376 g/mol. The minimum atomic E-state index is -0.609. The second-order valence-corrected chi connectivity index (χ2v) is 6.44. The maximum absolute atomic E-state index is 12.1. The van der Waals surface area contributed by atoms with Crippen LogP contribution in [0.3, 0.4) is 0 Å². The van der Waals surface area contributed by atoms with E-state index in [9.17, 15) is 4.79 Å². The fourth-order valence-electron chi connectivity index (χ4n) is 2.95. The van der Waals surface area contributed by atoms with Crippen LogP contribution in [0.15, 0.2) is 24.3 Å². The number of nitrogens with zero attached hydrogens (tertiary/aromatic N) is 1. The van der Waals surface area contributed by atoms with E-state index in [-0.39, 0.29) is 36.8 Å². The first-order valence-electron chi connectivity index (χ1n) is 8.04. The molecule has 1 aromatic carbocycles. The van der Waals surface area contributed by atoms with Gasteiger partial charge in [-0.25, -0.2) is 0 Å². The van der Waals surface area contributed by atoms with Gasteiger partial charge in [0.2, 0.25) is 5.91 Å². The van der Waals surface area contributed by atoms with Crippen LogP contribution in [0.1, 0.15) is 30.0 Å². The van der Waals surface area contributed by atoms with Crippen LogP contribution in [0.2, 0.25) is 0 Å². The number of aryl methyl sites for hydroxylation is 1. The van der Waals surface area contributed by atoms with Gasteiger partial charge in [0.25, 0.3) is 0 Å². The molecule has 1 aromatic rings. The zero-order chi connectivity index (χ0) is 15.6. The Morgan fingerprint density at radius 1 is 1.33 bits per heavy atom. The number of amides is 1. The Hall–Kier alpha value is -0.850. The lowest BCUT2D eigenvalue weighted by molar-refractivity contribution is -0.123. The molecular formula is C17H27Cl2N3O2. The van der Waals surface area contributed by atoms with Crippen LogP contribution in [0.4, 0.5) is 0 Å². The predicted octanol–water partition coefficient (Wildman–Crippen LogP) is 1.82. The highest BCUT2D eigenvalue weighted by atomic mass is 35.5. The predicted molar refractivity (Wildman–Crippen MR) is 100.0 cm³/mol. The highest BCUT2D eigenvalue weighted by molar-refractivity contribution is 5.89. The number of carbonyl (C=O) groups is 1. The van der Waals surface area contributed by atoms with E-state index < -0.39 is 5.54 Å². The van der Waals surface area contributed by atoms with Gasteiger partial charge in [0.15, 0.2) is 0 Å². The maximum atomic E-state index is 12.1. The van der Waals surface area contributed by atoms with Gasteiger partial charge in [0.1, 0.15) is 0 Å². The Kier molecular flexibility index (Phi) is 7.96. The molecule has 1 unspecified atom stereocenters. The molecule has 1 saturated carbocycles. The van der Waals surface area contributed by atoms with Gasteiger partial charge in [-0.2, -0.15) is 0 Å². The van der Waals surface area contributed by atoms with Gasteiger partial charge in [-0.1, -0.05) is 29.8 Å². The van der Waals surface area contributed by atoms with E-state index in [1.165, 1.54) is 11.1 Å². The second kappa shape index (κ2) is 9.02. The third-order valence-electron chi connectivity index (χ3n) is 4.61. The van der Waals surface area contributed by atoms with Crippen LogP contribution in [-0.2, 0) is 9.53 Å². The fraction of sp³-hybridized carbons (Fsp3) is 0.588. The van der Waals surface area contributed by atoms with Crippen molar-refractivity contribution in [3.63, 3.8) is 0 Å². The number of hydrogen-bond donors (Lipinski definition) is 2. The van der Waals surface area contributed by atoms with Crippen molar-refractivity contribution in [1.82, 2.24) is 10.2 Å². The van der Waals surface area contributed by atoms with Crippen molar-refractivity contribution in [1.29, 1.82) is 0 Å². The van der Waals surface area contributed by atoms with Crippen molar-refractivity contribution < 1.29 is 9.53 Å². The lowest BCUT2D eigenvalue weighted by Crippen LogP contribution is -2.48. The zero-order valence-electron chi connectivity index (χ0n) is 14.0. The molecular weight excluding hydrogens is 349 g/mol. The van der Waals surface area contributed by atoms with Crippen molar-refractivity contribution in [2.45, 2.75) is 31.3 Å².